The number of fused-ring (bicyclic) bond motifs is 1. The minimum Gasteiger partial charge on any atom is -0.487 e. The molecule has 198 valence electrons. The molecule has 38 heavy (non-hydrogen) atoms. The highest BCUT2D eigenvalue weighted by molar-refractivity contribution is 5.99. The van der Waals surface area contributed by atoms with E-state index in [-0.39, 0.29) is 36.0 Å². The lowest BCUT2D eigenvalue weighted by atomic mass is 9.89. The Kier molecular flexibility index (Phi) is 6.17. The summed E-state index contributed by atoms with van der Waals surface area (Å²) in [6, 6.07) is 12.6. The average Bonchev–Trinajstić information content (AvgIpc) is 3.61. The molecule has 1 saturated carbocycles. The van der Waals surface area contributed by atoms with Gasteiger partial charge in [0.2, 0.25) is 11.8 Å². The smallest absolute Gasteiger partial charge is 0.232 e. The van der Waals surface area contributed by atoms with Crippen molar-refractivity contribution in [1.82, 2.24) is 10.2 Å². The van der Waals surface area contributed by atoms with Crippen LogP contribution in [0.25, 0.3) is 0 Å². The van der Waals surface area contributed by atoms with Gasteiger partial charge in [-0.25, -0.2) is 9.38 Å². The minimum absolute atomic E-state index is 0.111. The first kappa shape index (κ1) is 25.7. The monoisotopic (exact) mass is 517 g/mol. The van der Waals surface area contributed by atoms with E-state index in [0.717, 1.165) is 5.56 Å². The fraction of sp³-hybridized carbons (Fsp3) is 0.448. The number of aliphatic imine (C=N–C) groups is 1. The molecule has 0 bridgehead atoms. The number of hydrogen-bond donors (Lipinski definition) is 2. The highest BCUT2D eigenvalue weighted by Crippen LogP contribution is 2.52. The third-order valence-corrected chi connectivity index (χ3v) is 7.48. The molecule has 9 heteroatoms. The molecule has 5 rings (SSSR count). The number of hydrogen-bond acceptors (Lipinski definition) is 6. The van der Waals surface area contributed by atoms with E-state index in [9.17, 15) is 19.2 Å². The van der Waals surface area contributed by atoms with Crippen molar-refractivity contribution in [1.29, 1.82) is 5.26 Å². The van der Waals surface area contributed by atoms with Gasteiger partial charge in [0, 0.05) is 17.9 Å². The van der Waals surface area contributed by atoms with Crippen LogP contribution < -0.4 is 15.8 Å². The summed E-state index contributed by atoms with van der Waals surface area (Å²) in [6.45, 7) is 7.57. The molecule has 8 nitrogen and oxygen atoms in total. The Labute approximate surface area is 221 Å². The lowest BCUT2D eigenvalue weighted by molar-refractivity contribution is -0.132. The Bertz CT molecular complexity index is 1380. The van der Waals surface area contributed by atoms with Gasteiger partial charge in [-0.2, -0.15) is 5.26 Å². The van der Waals surface area contributed by atoms with Gasteiger partial charge in [-0.1, -0.05) is 12.1 Å². The summed E-state index contributed by atoms with van der Waals surface area (Å²) in [4.78, 5) is 32.9. The molecule has 4 atom stereocenters. The van der Waals surface area contributed by atoms with E-state index in [1.165, 1.54) is 17.0 Å². The molecule has 2 aromatic carbocycles. The molecule has 1 fully saturated rings. The fourth-order valence-corrected chi connectivity index (χ4v) is 5.76. The Hall–Kier alpha value is -3.93. The minimum atomic E-state index is -0.616. The molecule has 3 N–H and O–H groups in total. The molecule has 2 aromatic rings. The van der Waals surface area contributed by atoms with E-state index in [0.29, 0.717) is 29.7 Å². The summed E-state index contributed by atoms with van der Waals surface area (Å²) in [6.07, 6.45) is 1.21. The number of ether oxygens (including phenoxy) is 1. The molecule has 2 heterocycles. The van der Waals surface area contributed by atoms with E-state index >= 15 is 0 Å². The predicted molar refractivity (Wildman–Crippen MR) is 139 cm³/mol. The number of nitrogens with two attached hydrogens (primary N) is 1. The Morgan fingerprint density at radius 1 is 1.26 bits per heavy atom. The number of carbonyl (C=O) groups is 2. The molecular weight excluding hydrogens is 485 g/mol. The standard InChI is InChI=1S/C29H32FN5O3/c1-28(2)14-24(36)35(27(32)34-28)25(17-7-5-6-16(10-17)15-31)19-12-20(19)26(37)33-22-13-29(3,4)38-23-9-8-18(30)11-21(22)23/h5-11,19-20,22,25H,12-14H2,1-4H3,(H2,32,34)(H,33,37)/t19-,20-,22-,25+/m0/s1. The van der Waals surface area contributed by atoms with Crippen molar-refractivity contribution >= 4 is 17.8 Å². The molecule has 0 unspecified atom stereocenters. The molecule has 0 aromatic heterocycles. The zero-order valence-corrected chi connectivity index (χ0v) is 22.0. The topological polar surface area (TPSA) is 121 Å². The number of amides is 2. The third-order valence-electron chi connectivity index (χ3n) is 7.48. The van der Waals surface area contributed by atoms with Gasteiger partial charge in [0.25, 0.3) is 0 Å². The van der Waals surface area contributed by atoms with Crippen LogP contribution in [0.1, 0.15) is 75.7 Å². The summed E-state index contributed by atoms with van der Waals surface area (Å²) >= 11 is 0. The van der Waals surface area contributed by atoms with Crippen molar-refractivity contribution in [3.05, 3.63) is 65.0 Å². The Balaban J connectivity index is 1.43. The van der Waals surface area contributed by atoms with Gasteiger partial charge >= 0.3 is 0 Å². The summed E-state index contributed by atoms with van der Waals surface area (Å²) in [5, 5.41) is 12.6. The van der Waals surface area contributed by atoms with Crippen molar-refractivity contribution in [3.8, 4) is 11.8 Å². The maximum atomic E-state index is 14.1. The van der Waals surface area contributed by atoms with Crippen molar-refractivity contribution in [2.45, 2.75) is 70.2 Å². The number of carbonyl (C=O) groups excluding carboxylic acids is 2. The lowest BCUT2D eigenvalue weighted by Crippen LogP contribution is -2.52. The first-order valence-electron chi connectivity index (χ1n) is 12.8. The molecule has 3 aliphatic rings. The van der Waals surface area contributed by atoms with E-state index < -0.39 is 29.0 Å². The molecule has 2 amide bonds. The van der Waals surface area contributed by atoms with Crippen molar-refractivity contribution < 1.29 is 18.7 Å². The number of nitriles is 1. The van der Waals surface area contributed by atoms with Crippen molar-refractivity contribution in [2.24, 2.45) is 22.6 Å². The maximum Gasteiger partial charge on any atom is 0.232 e. The van der Waals surface area contributed by atoms with Gasteiger partial charge in [0.15, 0.2) is 5.96 Å². The van der Waals surface area contributed by atoms with Gasteiger partial charge in [0.1, 0.15) is 17.2 Å². The van der Waals surface area contributed by atoms with Crippen LogP contribution in [0.3, 0.4) is 0 Å². The molecule has 0 saturated heterocycles. The van der Waals surface area contributed by atoms with Crippen molar-refractivity contribution in [2.75, 3.05) is 0 Å². The first-order chi connectivity index (χ1) is 17.9. The number of nitrogens with zero attached hydrogens (tertiary/aromatic N) is 3. The van der Waals surface area contributed by atoms with Crippen LogP contribution in [-0.2, 0) is 9.59 Å². The van der Waals surface area contributed by atoms with Crippen LogP contribution in [-0.4, -0.2) is 33.8 Å². The van der Waals surface area contributed by atoms with Gasteiger partial charge < -0.3 is 15.8 Å². The highest BCUT2D eigenvalue weighted by atomic mass is 19.1. The maximum absolute atomic E-state index is 14.1. The number of rotatable bonds is 5. The first-order valence-corrected chi connectivity index (χ1v) is 12.8. The van der Waals surface area contributed by atoms with Gasteiger partial charge in [-0.3, -0.25) is 14.5 Å². The number of halogens is 1. The van der Waals surface area contributed by atoms with Crippen LogP contribution in [0.15, 0.2) is 47.5 Å². The second kappa shape index (κ2) is 9.12. The van der Waals surface area contributed by atoms with Crippen LogP contribution >= 0.6 is 0 Å². The highest BCUT2D eigenvalue weighted by Gasteiger charge is 2.53. The normalized spacial score (nSPS) is 25.8. The molecule has 1 aliphatic carbocycles. The van der Waals surface area contributed by atoms with Crippen LogP contribution in [0.2, 0.25) is 0 Å². The van der Waals surface area contributed by atoms with Gasteiger partial charge in [0.05, 0.1) is 35.7 Å². The second-order valence-electron chi connectivity index (χ2n) is 11.7. The number of nitrogens with one attached hydrogen (secondary N) is 1. The molecule has 0 spiro atoms. The Morgan fingerprint density at radius 3 is 2.74 bits per heavy atom. The lowest BCUT2D eigenvalue weighted by Gasteiger charge is -2.39. The quantitative estimate of drug-likeness (QED) is 0.618. The van der Waals surface area contributed by atoms with Gasteiger partial charge in [-0.05, 0) is 75.9 Å². The van der Waals surface area contributed by atoms with Crippen molar-refractivity contribution in [3.63, 3.8) is 0 Å². The fourth-order valence-electron chi connectivity index (χ4n) is 5.76. The summed E-state index contributed by atoms with van der Waals surface area (Å²) < 4.78 is 20.1. The molecular formula is C29H32FN5O3. The van der Waals surface area contributed by atoms with Crippen LogP contribution in [0.4, 0.5) is 4.39 Å². The second-order valence-corrected chi connectivity index (χ2v) is 11.7. The Morgan fingerprint density at radius 2 is 2.03 bits per heavy atom. The SMILES string of the molecule is CC1(C)CC(=O)N([C@H](c2cccc(C#N)c2)[C@H]2C[C@@H]2C(=O)N[C@H]2CC(C)(C)Oc3ccc(F)cc32)C(N)=N1. The molecule has 2 aliphatic heterocycles. The van der Waals surface area contributed by atoms with E-state index in [1.54, 1.807) is 24.3 Å². The zero-order chi connectivity index (χ0) is 27.4. The predicted octanol–water partition coefficient (Wildman–Crippen LogP) is 4.12. The largest absolute Gasteiger partial charge is 0.487 e. The number of guanidine groups is 1. The average molecular weight is 518 g/mol. The molecule has 0 radical (unpaired) electrons. The van der Waals surface area contributed by atoms with E-state index in [2.05, 4.69) is 16.4 Å². The zero-order valence-electron chi connectivity index (χ0n) is 22.0. The van der Waals surface area contributed by atoms with Crippen LogP contribution in [0, 0.1) is 29.0 Å². The summed E-state index contributed by atoms with van der Waals surface area (Å²) in [7, 11) is 0. The number of benzene rings is 2. The summed E-state index contributed by atoms with van der Waals surface area (Å²) in [5.74, 6) is -0.676. The van der Waals surface area contributed by atoms with E-state index in [1.807, 2.05) is 33.8 Å². The van der Waals surface area contributed by atoms with Crippen LogP contribution in [0.5, 0.6) is 5.75 Å². The third kappa shape index (κ3) is 4.95. The summed E-state index contributed by atoms with van der Waals surface area (Å²) in [5.41, 5.74) is 6.97. The van der Waals surface area contributed by atoms with Gasteiger partial charge in [-0.15, -0.1) is 0 Å². The van der Waals surface area contributed by atoms with E-state index in [4.69, 9.17) is 10.5 Å².